The maximum absolute atomic E-state index is 14.0. The summed E-state index contributed by atoms with van der Waals surface area (Å²) in [4.78, 5) is 11.9. The molecule has 4 rings (SSSR count). The molecule has 1 aromatic carbocycles. The fourth-order valence-corrected chi connectivity index (χ4v) is 4.02. The molecule has 2 fully saturated rings. The fraction of sp³-hybridized carbons (Fsp3) is 0.389. The summed E-state index contributed by atoms with van der Waals surface area (Å²) in [5.41, 5.74) is 1.09. The maximum atomic E-state index is 14.0. The zero-order chi connectivity index (χ0) is 17.4. The molecule has 0 aliphatic carbocycles. The highest BCUT2D eigenvalue weighted by molar-refractivity contribution is 5.61. The van der Waals surface area contributed by atoms with Crippen molar-refractivity contribution in [1.82, 2.24) is 9.97 Å². The maximum Gasteiger partial charge on any atom is 0.183 e. The lowest BCUT2D eigenvalue weighted by Crippen LogP contribution is -2.49. The van der Waals surface area contributed by atoms with Gasteiger partial charge in [0.25, 0.3) is 0 Å². The number of piperidine rings is 1. The normalized spacial score (nSPS) is 22.6. The van der Waals surface area contributed by atoms with Gasteiger partial charge in [0.15, 0.2) is 11.6 Å². The number of aromatic nitrogens is 2. The quantitative estimate of drug-likeness (QED) is 0.841. The Morgan fingerprint density at radius 3 is 2.84 bits per heavy atom. The monoisotopic (exact) mass is 341 g/mol. The average molecular weight is 341 g/mol. The van der Waals surface area contributed by atoms with Crippen LogP contribution in [0.15, 0.2) is 30.7 Å². The van der Waals surface area contributed by atoms with Crippen LogP contribution in [0.5, 0.6) is 0 Å². The van der Waals surface area contributed by atoms with Crippen molar-refractivity contribution in [2.75, 3.05) is 29.4 Å². The third kappa shape index (κ3) is 2.78. The van der Waals surface area contributed by atoms with Gasteiger partial charge < -0.3 is 9.80 Å². The third-order valence-electron chi connectivity index (χ3n) is 5.20. The molecule has 2 atom stereocenters. The van der Waals surface area contributed by atoms with Gasteiger partial charge >= 0.3 is 0 Å². The van der Waals surface area contributed by atoms with Gasteiger partial charge in [-0.15, -0.1) is 0 Å². The Hall–Kier alpha value is -2.75. The molecule has 0 amide bonds. The number of benzene rings is 1. The van der Waals surface area contributed by atoms with Crippen LogP contribution in [0.3, 0.4) is 0 Å². The van der Waals surface area contributed by atoms with Crippen molar-refractivity contribution in [3.8, 4) is 6.07 Å². The summed E-state index contributed by atoms with van der Waals surface area (Å²) in [6.45, 7) is 2.19. The molecule has 2 saturated heterocycles. The molecule has 2 aliphatic heterocycles. The average Bonchev–Trinajstić information content (AvgIpc) is 3.05. The Labute approximate surface area is 144 Å². The summed E-state index contributed by atoms with van der Waals surface area (Å²) in [6.07, 6.45) is 4.49. The van der Waals surface area contributed by atoms with E-state index >= 15 is 0 Å². The molecule has 0 spiro atoms. The Balaban J connectivity index is 1.63. The van der Waals surface area contributed by atoms with E-state index in [2.05, 4.69) is 20.9 Å². The Morgan fingerprint density at radius 1 is 1.20 bits per heavy atom. The summed E-state index contributed by atoms with van der Waals surface area (Å²) in [5.74, 6) is -0.0352. The highest BCUT2D eigenvalue weighted by Crippen LogP contribution is 2.37. The van der Waals surface area contributed by atoms with Gasteiger partial charge in [-0.05, 0) is 37.0 Å². The second-order valence-corrected chi connectivity index (χ2v) is 6.51. The molecule has 3 heterocycles. The second-order valence-electron chi connectivity index (χ2n) is 6.51. The van der Waals surface area contributed by atoms with E-state index in [1.165, 1.54) is 24.7 Å². The molecule has 0 bridgehead atoms. The minimum atomic E-state index is -0.426. The van der Waals surface area contributed by atoms with E-state index in [0.29, 0.717) is 23.8 Å². The van der Waals surface area contributed by atoms with Crippen molar-refractivity contribution < 1.29 is 8.78 Å². The number of anilines is 2. The van der Waals surface area contributed by atoms with Crippen LogP contribution in [0.2, 0.25) is 0 Å². The lowest BCUT2D eigenvalue weighted by Gasteiger charge is -2.40. The second kappa shape index (κ2) is 6.28. The van der Waals surface area contributed by atoms with Gasteiger partial charge in [-0.1, -0.05) is 0 Å². The van der Waals surface area contributed by atoms with Crippen LogP contribution in [-0.4, -0.2) is 35.6 Å². The molecule has 2 unspecified atom stereocenters. The van der Waals surface area contributed by atoms with Crippen LogP contribution in [-0.2, 0) is 0 Å². The smallest absolute Gasteiger partial charge is 0.183 e. The van der Waals surface area contributed by atoms with Crippen molar-refractivity contribution in [2.24, 2.45) is 5.92 Å². The van der Waals surface area contributed by atoms with Gasteiger partial charge in [-0.2, -0.15) is 5.26 Å². The van der Waals surface area contributed by atoms with Crippen LogP contribution >= 0.6 is 0 Å². The molecule has 0 radical (unpaired) electrons. The molecule has 0 N–H and O–H groups in total. The summed E-state index contributed by atoms with van der Waals surface area (Å²) >= 11 is 0. The number of rotatable bonds is 2. The van der Waals surface area contributed by atoms with Crippen LogP contribution in [0.4, 0.5) is 20.3 Å². The SMILES string of the molecule is N#Cc1cc(F)ccc1N1CCC2CCN(c3ncncc3F)CC21. The van der Waals surface area contributed by atoms with E-state index in [9.17, 15) is 14.0 Å². The first-order valence-electron chi connectivity index (χ1n) is 8.34. The van der Waals surface area contributed by atoms with Crippen molar-refractivity contribution in [3.05, 3.63) is 47.9 Å². The summed E-state index contributed by atoms with van der Waals surface area (Å²) < 4.78 is 27.5. The molecule has 1 aromatic heterocycles. The highest BCUT2D eigenvalue weighted by atomic mass is 19.1. The minimum Gasteiger partial charge on any atom is -0.365 e. The summed E-state index contributed by atoms with van der Waals surface area (Å²) in [7, 11) is 0. The number of nitriles is 1. The van der Waals surface area contributed by atoms with Crippen LogP contribution < -0.4 is 9.80 Å². The molecular weight excluding hydrogens is 324 g/mol. The molecule has 7 heteroatoms. The largest absolute Gasteiger partial charge is 0.365 e. The van der Waals surface area contributed by atoms with Gasteiger partial charge in [0.2, 0.25) is 0 Å². The van der Waals surface area contributed by atoms with Gasteiger partial charge in [0.05, 0.1) is 17.4 Å². The summed E-state index contributed by atoms with van der Waals surface area (Å²) in [6, 6.07) is 6.56. The van der Waals surface area contributed by atoms with Gasteiger partial charge in [0.1, 0.15) is 18.2 Å². The van der Waals surface area contributed by atoms with E-state index in [1.807, 2.05) is 4.90 Å². The van der Waals surface area contributed by atoms with Crippen LogP contribution in [0, 0.1) is 28.9 Å². The molecule has 128 valence electrons. The lowest BCUT2D eigenvalue weighted by atomic mass is 9.92. The van der Waals surface area contributed by atoms with E-state index < -0.39 is 11.6 Å². The van der Waals surface area contributed by atoms with Crippen molar-refractivity contribution in [2.45, 2.75) is 18.9 Å². The van der Waals surface area contributed by atoms with Gasteiger partial charge in [0, 0.05) is 25.7 Å². The van der Waals surface area contributed by atoms with E-state index in [1.54, 1.807) is 6.07 Å². The number of nitrogens with zero attached hydrogens (tertiary/aromatic N) is 5. The number of halogens is 2. The van der Waals surface area contributed by atoms with Crippen LogP contribution in [0.25, 0.3) is 0 Å². The van der Waals surface area contributed by atoms with Gasteiger partial charge in [-0.3, -0.25) is 0 Å². The highest BCUT2D eigenvalue weighted by Gasteiger charge is 2.40. The number of hydrogen-bond donors (Lipinski definition) is 0. The number of hydrogen-bond acceptors (Lipinski definition) is 5. The lowest BCUT2D eigenvalue weighted by molar-refractivity contribution is 0.386. The predicted octanol–water partition coefficient (Wildman–Crippen LogP) is 2.73. The Kier molecular flexibility index (Phi) is 3.96. The number of fused-ring (bicyclic) bond motifs is 1. The van der Waals surface area contributed by atoms with Gasteiger partial charge in [-0.25, -0.2) is 18.7 Å². The zero-order valence-electron chi connectivity index (χ0n) is 13.6. The fourth-order valence-electron chi connectivity index (χ4n) is 4.02. The summed E-state index contributed by atoms with van der Waals surface area (Å²) in [5, 5.41) is 9.35. The standard InChI is InChI=1S/C18H17F2N5/c19-14-1-2-16(13(7-14)8-21)25-6-4-12-3-5-24(10-17(12)25)18-15(20)9-22-11-23-18/h1-2,7,9,11-12,17H,3-6,10H2. The minimum absolute atomic E-state index is 0.153. The molecule has 2 aliphatic rings. The molecule has 25 heavy (non-hydrogen) atoms. The van der Waals surface area contributed by atoms with E-state index in [4.69, 9.17) is 0 Å². The van der Waals surface area contributed by atoms with E-state index in [-0.39, 0.29) is 6.04 Å². The third-order valence-corrected chi connectivity index (χ3v) is 5.20. The molecule has 0 saturated carbocycles. The Morgan fingerprint density at radius 2 is 2.04 bits per heavy atom. The molecule has 2 aromatic rings. The van der Waals surface area contributed by atoms with Crippen molar-refractivity contribution >= 4 is 11.5 Å². The first kappa shape index (κ1) is 15.8. The van der Waals surface area contributed by atoms with Crippen molar-refractivity contribution in [1.29, 1.82) is 5.26 Å². The van der Waals surface area contributed by atoms with Crippen molar-refractivity contribution in [3.63, 3.8) is 0 Å². The Bertz CT molecular complexity index is 834. The zero-order valence-corrected chi connectivity index (χ0v) is 13.6. The predicted molar refractivity (Wildman–Crippen MR) is 89.2 cm³/mol. The topological polar surface area (TPSA) is 56.1 Å². The van der Waals surface area contributed by atoms with Crippen LogP contribution in [0.1, 0.15) is 18.4 Å². The molecule has 5 nitrogen and oxygen atoms in total. The van der Waals surface area contributed by atoms with E-state index in [0.717, 1.165) is 31.6 Å². The molecular formula is C18H17F2N5. The first-order valence-corrected chi connectivity index (χ1v) is 8.34. The first-order chi connectivity index (χ1) is 12.2.